The van der Waals surface area contributed by atoms with Gasteiger partial charge >= 0.3 is 6.09 Å². The van der Waals surface area contributed by atoms with Crippen molar-refractivity contribution in [1.29, 1.82) is 0 Å². The highest BCUT2D eigenvalue weighted by atomic mass is 32.2. The molecule has 13 heteroatoms. The molecular weight excluding hydrogens is 652 g/mol. The normalized spacial score (nSPS) is 21.0. The Morgan fingerprint density at radius 2 is 1.82 bits per heavy atom. The third-order valence-electron chi connectivity index (χ3n) is 9.51. The van der Waals surface area contributed by atoms with Crippen LogP contribution in [0.3, 0.4) is 0 Å². The van der Waals surface area contributed by atoms with Crippen molar-refractivity contribution in [1.82, 2.24) is 14.9 Å². The Bertz CT molecular complexity index is 1680. The Balaban J connectivity index is 0.986. The van der Waals surface area contributed by atoms with Crippen molar-refractivity contribution < 1.29 is 27.8 Å². The van der Waals surface area contributed by atoms with Gasteiger partial charge in [-0.15, -0.1) is 0 Å². The number of ether oxygens (including phenoxy) is 3. The van der Waals surface area contributed by atoms with Gasteiger partial charge in [0, 0.05) is 48.9 Å². The number of fused-ring (bicyclic) bond motifs is 1. The number of halogens is 2. The number of amides is 1. The minimum atomic E-state index is -0.706. The molecule has 2 aromatic carbocycles. The van der Waals surface area contributed by atoms with E-state index in [1.807, 2.05) is 0 Å². The van der Waals surface area contributed by atoms with E-state index in [1.54, 1.807) is 50.7 Å². The summed E-state index contributed by atoms with van der Waals surface area (Å²) in [4.78, 5) is 37.1. The first kappa shape index (κ1) is 35.4. The second-order valence-electron chi connectivity index (χ2n) is 14.5. The summed E-state index contributed by atoms with van der Waals surface area (Å²) in [6.45, 7) is 10.1. The van der Waals surface area contributed by atoms with Crippen LogP contribution in [0.25, 0.3) is 10.9 Å². The number of benzene rings is 2. The number of likely N-dealkylation sites (tertiary alicyclic amines) is 1. The van der Waals surface area contributed by atoms with Gasteiger partial charge in [-0.05, 0) is 102 Å². The summed E-state index contributed by atoms with van der Waals surface area (Å²) in [6.07, 6.45) is 4.78. The number of hydrogen-bond donors (Lipinski definition) is 2. The van der Waals surface area contributed by atoms with E-state index >= 15 is 4.39 Å². The van der Waals surface area contributed by atoms with Crippen molar-refractivity contribution >= 4 is 40.1 Å². The maximum atomic E-state index is 15.0. The van der Waals surface area contributed by atoms with Crippen LogP contribution in [0.15, 0.2) is 35.1 Å². The van der Waals surface area contributed by atoms with Crippen LogP contribution in [0.4, 0.5) is 25.0 Å². The van der Waals surface area contributed by atoms with E-state index in [0.29, 0.717) is 52.2 Å². The molecule has 1 aromatic heterocycles. The number of nitrogens with two attached hydrogens (primary N) is 1. The number of H-pyrrole nitrogens is 1. The van der Waals surface area contributed by atoms with Crippen LogP contribution in [0, 0.1) is 23.5 Å². The molecule has 10 nitrogen and oxygen atoms in total. The average molecular weight is 700 g/mol. The lowest BCUT2D eigenvalue weighted by molar-refractivity contribution is 0.0505. The second kappa shape index (κ2) is 15.2. The van der Waals surface area contributed by atoms with Gasteiger partial charge in [0.15, 0.2) is 0 Å². The molecule has 3 fully saturated rings. The van der Waals surface area contributed by atoms with Gasteiger partial charge in [-0.25, -0.2) is 18.6 Å². The fourth-order valence-electron chi connectivity index (χ4n) is 6.89. The van der Waals surface area contributed by atoms with Gasteiger partial charge < -0.3 is 29.8 Å². The van der Waals surface area contributed by atoms with Crippen LogP contribution in [0.2, 0.25) is 0 Å². The number of piperidine rings is 1. The number of nitrogens with zero attached hydrogens (tertiary/aromatic N) is 3. The highest BCUT2D eigenvalue weighted by Crippen LogP contribution is 2.38. The number of nitrogen functional groups attached to an aromatic ring is 1. The molecule has 3 heterocycles. The molecule has 3 aliphatic rings. The maximum Gasteiger partial charge on any atom is 0.415 e. The van der Waals surface area contributed by atoms with Crippen molar-refractivity contribution in [3.63, 3.8) is 0 Å². The minimum Gasteiger partial charge on any atom is -0.493 e. The average Bonchev–Trinajstić information content (AvgIpc) is 3.02. The molecule has 0 spiro atoms. The van der Waals surface area contributed by atoms with Crippen LogP contribution >= 0.6 is 11.8 Å². The van der Waals surface area contributed by atoms with Gasteiger partial charge in [-0.1, -0.05) is 0 Å². The lowest BCUT2D eigenvalue weighted by Crippen LogP contribution is -2.52. The number of rotatable bonds is 10. The van der Waals surface area contributed by atoms with Crippen molar-refractivity contribution in [2.24, 2.45) is 11.8 Å². The Hall–Kier alpha value is -3.42. The largest absolute Gasteiger partial charge is 0.493 e. The summed E-state index contributed by atoms with van der Waals surface area (Å²) in [5.74, 6) is 0.982. The summed E-state index contributed by atoms with van der Waals surface area (Å²) in [6, 6.07) is 7.15. The second-order valence-corrected chi connectivity index (χ2v) is 15.8. The number of thioether (sulfide) groups is 1. The molecule has 1 amide bonds. The molecule has 266 valence electrons. The zero-order valence-corrected chi connectivity index (χ0v) is 29.3. The molecule has 1 aliphatic carbocycles. The van der Waals surface area contributed by atoms with Crippen LogP contribution in [-0.4, -0.2) is 77.3 Å². The zero-order chi connectivity index (χ0) is 34.7. The van der Waals surface area contributed by atoms with Crippen LogP contribution in [0.5, 0.6) is 5.75 Å². The molecule has 49 heavy (non-hydrogen) atoms. The predicted octanol–water partition coefficient (Wildman–Crippen LogP) is 6.51. The predicted molar refractivity (Wildman–Crippen MR) is 188 cm³/mol. The molecule has 0 atom stereocenters. The van der Waals surface area contributed by atoms with E-state index in [-0.39, 0.29) is 17.1 Å². The Morgan fingerprint density at radius 1 is 1.08 bits per heavy atom. The van der Waals surface area contributed by atoms with Crippen LogP contribution in [-0.2, 0) is 15.2 Å². The highest BCUT2D eigenvalue weighted by molar-refractivity contribution is 7.99. The van der Waals surface area contributed by atoms with Gasteiger partial charge in [-0.2, -0.15) is 11.8 Å². The van der Waals surface area contributed by atoms with E-state index in [4.69, 9.17) is 19.9 Å². The summed E-state index contributed by atoms with van der Waals surface area (Å²) >= 11 is 1.74. The monoisotopic (exact) mass is 699 g/mol. The SMILES string of the molecule is CC(C)(C)OC(=O)N(c1ccc(N)cc1F)C1CC(CN2CCC(COc3cc(F)c4c(=O)[nH]c(CSC5CCOCC5)nc4c3)CC2)C1. The molecule has 0 unspecified atom stereocenters. The van der Waals surface area contributed by atoms with Crippen molar-refractivity contribution in [3.05, 3.63) is 58.1 Å². The Labute approximate surface area is 290 Å². The lowest BCUT2D eigenvalue weighted by Gasteiger charge is -2.45. The fraction of sp³-hybridized carbons (Fsp3) is 0.583. The van der Waals surface area contributed by atoms with Crippen molar-refractivity contribution in [2.75, 3.05) is 50.1 Å². The van der Waals surface area contributed by atoms with E-state index in [9.17, 15) is 14.0 Å². The van der Waals surface area contributed by atoms with E-state index in [1.165, 1.54) is 17.0 Å². The number of aromatic nitrogens is 2. The van der Waals surface area contributed by atoms with Gasteiger partial charge in [0.05, 0.1) is 23.6 Å². The highest BCUT2D eigenvalue weighted by Gasteiger charge is 2.40. The standard InChI is InChI=1S/C36H47F2N5O5S/c1-36(2,3)48-35(45)43(31-5-4-24(39)16-28(31)37)25-14-23(15-25)19-42-10-6-22(7-11-42)20-47-26-17-29(38)33-30(18-26)40-32(41-34(33)44)21-49-27-8-12-46-13-9-27/h4-5,16-18,22-23,25,27H,6-15,19-21,39H2,1-3H3,(H,40,41,44). The van der Waals surface area contributed by atoms with E-state index in [2.05, 4.69) is 14.9 Å². The molecule has 2 aliphatic heterocycles. The number of nitrogens with one attached hydrogen (secondary N) is 1. The van der Waals surface area contributed by atoms with Gasteiger partial charge in [0.2, 0.25) is 0 Å². The van der Waals surface area contributed by atoms with Gasteiger partial charge in [0.1, 0.15) is 34.2 Å². The summed E-state index contributed by atoms with van der Waals surface area (Å²) in [7, 11) is 0. The fourth-order valence-corrected chi connectivity index (χ4v) is 7.94. The molecule has 1 saturated carbocycles. The summed E-state index contributed by atoms with van der Waals surface area (Å²) < 4.78 is 47.0. The molecule has 2 saturated heterocycles. The number of carbonyl (C=O) groups excluding carboxylic acids is 1. The van der Waals surface area contributed by atoms with Crippen molar-refractivity contribution in [2.45, 2.75) is 81.9 Å². The maximum absolute atomic E-state index is 15.0. The number of aromatic amines is 1. The molecule has 0 bridgehead atoms. The summed E-state index contributed by atoms with van der Waals surface area (Å²) in [5.41, 5.74) is 5.37. The number of hydrogen-bond acceptors (Lipinski definition) is 9. The summed E-state index contributed by atoms with van der Waals surface area (Å²) in [5, 5.41) is 0.408. The molecular formula is C36H47F2N5O5S. The lowest BCUT2D eigenvalue weighted by atomic mass is 9.78. The Kier molecular flexibility index (Phi) is 11.0. The van der Waals surface area contributed by atoms with Crippen molar-refractivity contribution in [3.8, 4) is 5.75 Å². The van der Waals surface area contributed by atoms with Gasteiger partial charge in [-0.3, -0.25) is 9.69 Å². The topological polar surface area (TPSA) is 123 Å². The third kappa shape index (κ3) is 9.04. The van der Waals surface area contributed by atoms with E-state index < -0.39 is 28.9 Å². The number of anilines is 2. The quantitative estimate of drug-likeness (QED) is 0.228. The molecule has 3 N–H and O–H groups in total. The molecule has 3 aromatic rings. The van der Waals surface area contributed by atoms with E-state index in [0.717, 1.165) is 71.4 Å². The first-order valence-corrected chi connectivity index (χ1v) is 18.3. The first-order valence-electron chi connectivity index (χ1n) is 17.3. The minimum absolute atomic E-state index is 0.0495. The van der Waals surface area contributed by atoms with Gasteiger partial charge in [0.25, 0.3) is 5.56 Å². The molecule has 6 rings (SSSR count). The van der Waals surface area contributed by atoms with Crippen LogP contribution in [0.1, 0.15) is 65.1 Å². The zero-order valence-electron chi connectivity index (χ0n) is 28.5. The first-order chi connectivity index (χ1) is 23.4. The number of carbonyl (C=O) groups is 1. The Morgan fingerprint density at radius 3 is 2.51 bits per heavy atom. The molecule has 0 radical (unpaired) electrons. The van der Waals surface area contributed by atoms with Crippen LogP contribution < -0.4 is 20.9 Å². The smallest absolute Gasteiger partial charge is 0.415 e. The third-order valence-corrected chi connectivity index (χ3v) is 10.9.